The van der Waals surface area contributed by atoms with E-state index in [0.29, 0.717) is 0 Å². The molecule has 0 amide bonds. The van der Waals surface area contributed by atoms with E-state index in [4.69, 9.17) is 25.5 Å². The van der Waals surface area contributed by atoms with Gasteiger partial charge in [-0.3, -0.25) is 0 Å². The Morgan fingerprint density at radius 2 is 1.00 bits per heavy atom. The van der Waals surface area contributed by atoms with Gasteiger partial charge < -0.3 is 30.3 Å². The Bertz CT molecular complexity index is 125. The van der Waals surface area contributed by atoms with Crippen LogP contribution in [0, 0.1) is 0 Å². The molecular formula is C5H10O6. The molecule has 0 aromatic heterocycles. The zero-order valence-electron chi connectivity index (χ0n) is 5.53. The first-order chi connectivity index (χ1) is 5.04. The van der Waals surface area contributed by atoms with E-state index in [1.54, 1.807) is 0 Å². The highest BCUT2D eigenvalue weighted by atomic mass is 16.7. The van der Waals surface area contributed by atoms with Gasteiger partial charge in [0.05, 0.1) is 0 Å². The van der Waals surface area contributed by atoms with Gasteiger partial charge >= 0.3 is 0 Å². The lowest BCUT2D eigenvalue weighted by Gasteiger charge is -2.35. The summed E-state index contributed by atoms with van der Waals surface area (Å²) in [5.74, 6) is 0. The summed E-state index contributed by atoms with van der Waals surface area (Å²) in [5.41, 5.74) is 0. The third-order valence-corrected chi connectivity index (χ3v) is 1.56. The molecule has 1 fully saturated rings. The monoisotopic (exact) mass is 166 g/mol. The molecule has 11 heavy (non-hydrogen) atoms. The second-order valence-corrected chi connectivity index (χ2v) is 2.39. The van der Waals surface area contributed by atoms with Gasteiger partial charge in [0.25, 0.3) is 0 Å². The van der Waals surface area contributed by atoms with E-state index in [-0.39, 0.29) is 0 Å². The van der Waals surface area contributed by atoms with Crippen LogP contribution in [0.15, 0.2) is 0 Å². The second-order valence-electron chi connectivity index (χ2n) is 2.39. The van der Waals surface area contributed by atoms with Gasteiger partial charge in [-0.15, -0.1) is 0 Å². The molecule has 0 saturated carbocycles. The highest BCUT2D eigenvalue weighted by Crippen LogP contribution is 2.17. The molecule has 1 heterocycles. The molecule has 0 bridgehead atoms. The number of aliphatic hydroxyl groups is 5. The van der Waals surface area contributed by atoms with Crippen LogP contribution < -0.4 is 0 Å². The molecule has 1 aliphatic rings. The molecule has 5 N–H and O–H groups in total. The molecule has 1 aliphatic heterocycles. The van der Waals surface area contributed by atoms with Crippen LogP contribution in [-0.4, -0.2) is 56.4 Å². The van der Waals surface area contributed by atoms with E-state index in [1.807, 2.05) is 0 Å². The number of hydrogen-bond donors (Lipinski definition) is 5. The minimum atomic E-state index is -1.66. The smallest absolute Gasteiger partial charge is 0.186 e. The van der Waals surface area contributed by atoms with E-state index >= 15 is 0 Å². The predicted molar refractivity (Wildman–Crippen MR) is 31.1 cm³/mol. The van der Waals surface area contributed by atoms with Crippen LogP contribution in [0.5, 0.6) is 0 Å². The summed E-state index contributed by atoms with van der Waals surface area (Å²) in [5, 5.41) is 44.0. The molecule has 1 rings (SSSR count). The average Bonchev–Trinajstić information content (AvgIpc) is 1.97. The Balaban J connectivity index is 2.63. The van der Waals surface area contributed by atoms with Crippen LogP contribution >= 0.6 is 0 Å². The first-order valence-electron chi connectivity index (χ1n) is 3.10. The van der Waals surface area contributed by atoms with Gasteiger partial charge in [-0.25, -0.2) is 0 Å². The lowest BCUT2D eigenvalue weighted by atomic mass is 10.0. The van der Waals surface area contributed by atoms with E-state index in [9.17, 15) is 0 Å². The minimum Gasteiger partial charge on any atom is -0.387 e. The summed E-state index contributed by atoms with van der Waals surface area (Å²) in [6, 6.07) is 0. The SMILES string of the molecule is OC1OC(O)[C@@H](O)C(O)C1O. The molecule has 0 aromatic carbocycles. The van der Waals surface area contributed by atoms with Crippen LogP contribution in [0.4, 0.5) is 0 Å². The van der Waals surface area contributed by atoms with Crippen molar-refractivity contribution in [3.05, 3.63) is 0 Å². The fraction of sp³-hybridized carbons (Fsp3) is 1.00. The summed E-state index contributed by atoms with van der Waals surface area (Å²) in [7, 11) is 0. The Kier molecular flexibility index (Phi) is 2.43. The van der Waals surface area contributed by atoms with Crippen LogP contribution in [0.1, 0.15) is 0 Å². The largest absolute Gasteiger partial charge is 0.387 e. The number of rotatable bonds is 0. The van der Waals surface area contributed by atoms with Crippen molar-refractivity contribution < 1.29 is 30.3 Å². The van der Waals surface area contributed by atoms with E-state index in [1.165, 1.54) is 0 Å². The van der Waals surface area contributed by atoms with Crippen molar-refractivity contribution >= 4 is 0 Å². The van der Waals surface area contributed by atoms with Crippen LogP contribution in [0.3, 0.4) is 0 Å². The summed E-state index contributed by atoms with van der Waals surface area (Å²) in [6.45, 7) is 0. The third kappa shape index (κ3) is 1.51. The summed E-state index contributed by atoms with van der Waals surface area (Å²) < 4.78 is 4.23. The number of aliphatic hydroxyl groups excluding tert-OH is 5. The van der Waals surface area contributed by atoms with Crippen molar-refractivity contribution in [1.82, 2.24) is 0 Å². The molecular weight excluding hydrogens is 156 g/mol. The van der Waals surface area contributed by atoms with Gasteiger partial charge in [-0.05, 0) is 0 Å². The molecule has 6 heteroatoms. The highest BCUT2D eigenvalue weighted by Gasteiger charge is 2.42. The van der Waals surface area contributed by atoms with E-state index in [0.717, 1.165) is 0 Å². The van der Waals surface area contributed by atoms with Crippen LogP contribution in [0.2, 0.25) is 0 Å². The third-order valence-electron chi connectivity index (χ3n) is 1.56. The Morgan fingerprint density at radius 1 is 0.636 bits per heavy atom. The van der Waals surface area contributed by atoms with Crippen LogP contribution in [0.25, 0.3) is 0 Å². The van der Waals surface area contributed by atoms with Gasteiger partial charge in [0.15, 0.2) is 12.6 Å². The fourth-order valence-corrected chi connectivity index (χ4v) is 0.843. The molecule has 0 aromatic rings. The van der Waals surface area contributed by atoms with E-state index < -0.39 is 30.9 Å². The number of hydrogen-bond acceptors (Lipinski definition) is 6. The van der Waals surface area contributed by atoms with Crippen molar-refractivity contribution in [1.29, 1.82) is 0 Å². The predicted octanol–water partition coefficient (Wildman–Crippen LogP) is -3.26. The molecule has 1 saturated heterocycles. The van der Waals surface area contributed by atoms with Gasteiger partial charge in [-0.1, -0.05) is 0 Å². The molecule has 0 spiro atoms. The van der Waals surface area contributed by atoms with Crippen LogP contribution in [-0.2, 0) is 4.74 Å². The topological polar surface area (TPSA) is 110 Å². The molecule has 4 unspecified atom stereocenters. The molecule has 0 aliphatic carbocycles. The molecule has 5 atom stereocenters. The van der Waals surface area contributed by atoms with Gasteiger partial charge in [0, 0.05) is 0 Å². The van der Waals surface area contributed by atoms with Crippen molar-refractivity contribution in [2.75, 3.05) is 0 Å². The van der Waals surface area contributed by atoms with E-state index in [2.05, 4.69) is 4.74 Å². The Morgan fingerprint density at radius 3 is 1.36 bits per heavy atom. The van der Waals surface area contributed by atoms with Gasteiger partial charge in [0.2, 0.25) is 0 Å². The zero-order valence-corrected chi connectivity index (χ0v) is 5.53. The van der Waals surface area contributed by atoms with Crippen molar-refractivity contribution in [3.63, 3.8) is 0 Å². The van der Waals surface area contributed by atoms with Crippen molar-refractivity contribution in [2.24, 2.45) is 0 Å². The lowest BCUT2D eigenvalue weighted by molar-refractivity contribution is -0.328. The first-order valence-corrected chi connectivity index (χ1v) is 3.10. The lowest BCUT2D eigenvalue weighted by Crippen LogP contribution is -2.57. The normalized spacial score (nSPS) is 52.6. The number of ether oxygens (including phenoxy) is 1. The zero-order chi connectivity index (χ0) is 8.59. The summed E-state index contributed by atoms with van der Waals surface area (Å²) >= 11 is 0. The molecule has 0 radical (unpaired) electrons. The summed E-state index contributed by atoms with van der Waals surface area (Å²) in [6.07, 6.45) is -8.10. The quantitative estimate of drug-likeness (QED) is 0.258. The molecule has 66 valence electrons. The maximum atomic E-state index is 8.89. The standard InChI is InChI=1S/C5H10O6/c6-1-2(7)4(9)11-5(10)3(1)8/h1-10H/t1?,2-,3?,4?,5?/m0/s1. The van der Waals surface area contributed by atoms with Gasteiger partial charge in [-0.2, -0.15) is 0 Å². The Hall–Kier alpha value is -0.240. The summed E-state index contributed by atoms with van der Waals surface area (Å²) in [4.78, 5) is 0. The fourth-order valence-electron chi connectivity index (χ4n) is 0.843. The highest BCUT2D eigenvalue weighted by molar-refractivity contribution is 4.83. The molecule has 6 nitrogen and oxygen atoms in total. The maximum Gasteiger partial charge on any atom is 0.186 e. The van der Waals surface area contributed by atoms with Crippen molar-refractivity contribution in [3.8, 4) is 0 Å². The van der Waals surface area contributed by atoms with Crippen molar-refractivity contribution in [2.45, 2.75) is 30.9 Å². The second kappa shape index (κ2) is 3.02. The minimum absolute atomic E-state index is 1.59. The Labute approximate surface area is 62.3 Å². The van der Waals surface area contributed by atoms with Gasteiger partial charge in [0.1, 0.15) is 18.3 Å². The first kappa shape index (κ1) is 8.85. The maximum absolute atomic E-state index is 8.89. The average molecular weight is 166 g/mol.